The monoisotopic (exact) mass is 306 g/mol. The zero-order valence-corrected chi connectivity index (χ0v) is 13.5. The number of nitrogens with one attached hydrogen (secondary N) is 1. The van der Waals surface area contributed by atoms with Crippen molar-refractivity contribution in [3.8, 4) is 5.75 Å². The number of hydrogen-bond donors (Lipinski definition) is 2. The summed E-state index contributed by atoms with van der Waals surface area (Å²) < 4.78 is 5.24. The Morgan fingerprint density at radius 3 is 2.64 bits per heavy atom. The van der Waals surface area contributed by atoms with Gasteiger partial charge in [0.25, 0.3) is 0 Å². The Morgan fingerprint density at radius 1 is 1.36 bits per heavy atom. The number of hydrogen-bond acceptors (Lipinski definition) is 4. The number of amides is 1. The van der Waals surface area contributed by atoms with Crippen molar-refractivity contribution in [2.75, 3.05) is 38.7 Å². The molecule has 0 unspecified atom stereocenters. The largest absolute Gasteiger partial charge is 0.495 e. The SMILES string of the molecule is CCC1(CO)CCN(CC(=O)Nc2ccccc2OC)CC1. The second-order valence-electron chi connectivity index (χ2n) is 6.04. The van der Waals surface area contributed by atoms with E-state index in [4.69, 9.17) is 4.74 Å². The number of ether oxygens (including phenoxy) is 1. The lowest BCUT2D eigenvalue weighted by Gasteiger charge is -2.39. The summed E-state index contributed by atoms with van der Waals surface area (Å²) in [5, 5.41) is 12.5. The summed E-state index contributed by atoms with van der Waals surface area (Å²) in [7, 11) is 1.59. The maximum absolute atomic E-state index is 12.2. The maximum atomic E-state index is 12.2. The van der Waals surface area contributed by atoms with Gasteiger partial charge in [0.15, 0.2) is 0 Å². The molecule has 1 amide bonds. The molecule has 5 heteroatoms. The van der Waals surface area contributed by atoms with Gasteiger partial charge in [-0.15, -0.1) is 0 Å². The van der Waals surface area contributed by atoms with Gasteiger partial charge in [-0.05, 0) is 49.9 Å². The summed E-state index contributed by atoms with van der Waals surface area (Å²) in [6.07, 6.45) is 2.88. The maximum Gasteiger partial charge on any atom is 0.238 e. The Labute approximate surface area is 132 Å². The van der Waals surface area contributed by atoms with Crippen molar-refractivity contribution in [1.29, 1.82) is 0 Å². The number of likely N-dealkylation sites (tertiary alicyclic amines) is 1. The van der Waals surface area contributed by atoms with Crippen LogP contribution >= 0.6 is 0 Å². The van der Waals surface area contributed by atoms with E-state index in [0.717, 1.165) is 32.4 Å². The molecule has 0 atom stereocenters. The van der Waals surface area contributed by atoms with E-state index in [1.165, 1.54) is 0 Å². The number of aliphatic hydroxyl groups excluding tert-OH is 1. The second kappa shape index (κ2) is 7.61. The number of methoxy groups -OCH3 is 1. The van der Waals surface area contributed by atoms with E-state index >= 15 is 0 Å². The van der Waals surface area contributed by atoms with Gasteiger partial charge in [-0.3, -0.25) is 9.69 Å². The van der Waals surface area contributed by atoms with Crippen molar-refractivity contribution >= 4 is 11.6 Å². The van der Waals surface area contributed by atoms with Crippen molar-refractivity contribution in [1.82, 2.24) is 4.90 Å². The molecular weight excluding hydrogens is 280 g/mol. The van der Waals surface area contributed by atoms with Crippen LogP contribution in [0.5, 0.6) is 5.75 Å². The fraction of sp³-hybridized carbons (Fsp3) is 0.588. The zero-order valence-electron chi connectivity index (χ0n) is 13.5. The predicted molar refractivity (Wildman–Crippen MR) is 87.1 cm³/mol. The van der Waals surface area contributed by atoms with Crippen molar-refractivity contribution < 1.29 is 14.6 Å². The first-order chi connectivity index (χ1) is 10.6. The number of carbonyl (C=O) groups excluding carboxylic acids is 1. The molecule has 0 spiro atoms. The van der Waals surface area contributed by atoms with Crippen molar-refractivity contribution in [3.63, 3.8) is 0 Å². The van der Waals surface area contributed by atoms with E-state index in [2.05, 4.69) is 17.1 Å². The molecule has 2 N–H and O–H groups in total. The number of para-hydroxylation sites is 2. The number of benzene rings is 1. The van der Waals surface area contributed by atoms with Crippen molar-refractivity contribution in [2.24, 2.45) is 5.41 Å². The fourth-order valence-electron chi connectivity index (χ4n) is 2.95. The third kappa shape index (κ3) is 3.99. The van der Waals surface area contributed by atoms with Gasteiger partial charge in [-0.1, -0.05) is 19.1 Å². The van der Waals surface area contributed by atoms with Crippen LogP contribution in [0.3, 0.4) is 0 Å². The third-order valence-electron chi connectivity index (χ3n) is 4.75. The topological polar surface area (TPSA) is 61.8 Å². The van der Waals surface area contributed by atoms with E-state index in [9.17, 15) is 9.90 Å². The molecular formula is C17H26N2O3. The van der Waals surface area contributed by atoms with Gasteiger partial charge in [-0.25, -0.2) is 0 Å². The first-order valence-electron chi connectivity index (χ1n) is 7.88. The Kier molecular flexibility index (Phi) is 5.80. The van der Waals surface area contributed by atoms with E-state index < -0.39 is 0 Å². The zero-order chi connectivity index (χ0) is 16.0. The number of anilines is 1. The fourth-order valence-corrected chi connectivity index (χ4v) is 2.95. The highest BCUT2D eigenvalue weighted by Crippen LogP contribution is 2.34. The number of piperidine rings is 1. The summed E-state index contributed by atoms with van der Waals surface area (Å²) >= 11 is 0. The van der Waals surface area contributed by atoms with E-state index in [-0.39, 0.29) is 17.9 Å². The molecule has 1 aliphatic rings. The highest BCUT2D eigenvalue weighted by atomic mass is 16.5. The predicted octanol–water partition coefficient (Wildman–Crippen LogP) is 2.12. The van der Waals surface area contributed by atoms with Crippen LogP contribution in [0.15, 0.2) is 24.3 Å². The standard InChI is InChI=1S/C17H26N2O3/c1-3-17(13-20)8-10-19(11-9-17)12-16(21)18-14-6-4-5-7-15(14)22-2/h4-7,20H,3,8-13H2,1-2H3,(H,18,21). The molecule has 0 bridgehead atoms. The number of nitrogens with zero attached hydrogens (tertiary/aromatic N) is 1. The van der Waals surface area contributed by atoms with E-state index in [0.29, 0.717) is 18.0 Å². The van der Waals surface area contributed by atoms with Crippen LogP contribution in [0, 0.1) is 5.41 Å². The molecule has 1 heterocycles. The van der Waals surface area contributed by atoms with Gasteiger partial charge in [0.1, 0.15) is 5.75 Å². The molecule has 1 aromatic rings. The van der Waals surface area contributed by atoms with Crippen LogP contribution in [0.4, 0.5) is 5.69 Å². The molecule has 1 fully saturated rings. The van der Waals surface area contributed by atoms with Crippen LogP contribution in [-0.4, -0.2) is 49.3 Å². The first-order valence-corrected chi connectivity index (χ1v) is 7.88. The van der Waals surface area contributed by atoms with Crippen LogP contribution < -0.4 is 10.1 Å². The summed E-state index contributed by atoms with van der Waals surface area (Å²) in [6.45, 7) is 4.45. The van der Waals surface area contributed by atoms with Crippen LogP contribution in [-0.2, 0) is 4.79 Å². The minimum atomic E-state index is -0.0301. The molecule has 1 aromatic carbocycles. The Balaban J connectivity index is 1.86. The van der Waals surface area contributed by atoms with Gasteiger partial charge in [0, 0.05) is 6.61 Å². The molecule has 2 rings (SSSR count). The molecule has 1 aliphatic heterocycles. The van der Waals surface area contributed by atoms with Gasteiger partial charge in [0.05, 0.1) is 19.3 Å². The molecule has 0 saturated carbocycles. The van der Waals surface area contributed by atoms with Crippen LogP contribution in [0.2, 0.25) is 0 Å². The summed E-state index contributed by atoms with van der Waals surface area (Å²) in [5.41, 5.74) is 0.751. The highest BCUT2D eigenvalue weighted by Gasteiger charge is 2.32. The normalized spacial score (nSPS) is 18.0. The van der Waals surface area contributed by atoms with Gasteiger partial charge in [-0.2, -0.15) is 0 Å². The van der Waals surface area contributed by atoms with Crippen molar-refractivity contribution in [2.45, 2.75) is 26.2 Å². The summed E-state index contributed by atoms with van der Waals surface area (Å²) in [6, 6.07) is 7.41. The molecule has 1 saturated heterocycles. The highest BCUT2D eigenvalue weighted by molar-refractivity contribution is 5.93. The van der Waals surface area contributed by atoms with E-state index in [1.54, 1.807) is 7.11 Å². The first kappa shape index (κ1) is 16.8. The summed E-state index contributed by atoms with van der Waals surface area (Å²) in [5.74, 6) is 0.636. The molecule has 0 aliphatic carbocycles. The second-order valence-corrected chi connectivity index (χ2v) is 6.04. The summed E-state index contributed by atoms with van der Waals surface area (Å²) in [4.78, 5) is 14.3. The van der Waals surface area contributed by atoms with Gasteiger partial charge < -0.3 is 15.2 Å². The Hall–Kier alpha value is -1.59. The number of aliphatic hydroxyl groups is 1. The minimum Gasteiger partial charge on any atom is -0.495 e. The van der Waals surface area contributed by atoms with Gasteiger partial charge >= 0.3 is 0 Å². The number of rotatable bonds is 6. The third-order valence-corrected chi connectivity index (χ3v) is 4.75. The quantitative estimate of drug-likeness (QED) is 0.845. The lowest BCUT2D eigenvalue weighted by atomic mass is 9.77. The molecule has 0 aromatic heterocycles. The van der Waals surface area contributed by atoms with E-state index in [1.807, 2.05) is 24.3 Å². The van der Waals surface area contributed by atoms with Crippen molar-refractivity contribution in [3.05, 3.63) is 24.3 Å². The lowest BCUT2D eigenvalue weighted by Crippen LogP contribution is -2.44. The average Bonchev–Trinajstić information content (AvgIpc) is 2.56. The average molecular weight is 306 g/mol. The molecule has 5 nitrogen and oxygen atoms in total. The van der Waals surface area contributed by atoms with Gasteiger partial charge in [0.2, 0.25) is 5.91 Å². The molecule has 0 radical (unpaired) electrons. The number of carbonyl (C=O) groups is 1. The van der Waals surface area contributed by atoms with Crippen LogP contribution in [0.1, 0.15) is 26.2 Å². The molecule has 122 valence electrons. The Morgan fingerprint density at radius 2 is 2.05 bits per heavy atom. The smallest absolute Gasteiger partial charge is 0.238 e. The minimum absolute atomic E-state index is 0.0301. The molecule has 22 heavy (non-hydrogen) atoms. The lowest BCUT2D eigenvalue weighted by molar-refractivity contribution is -0.118. The Bertz CT molecular complexity index is 490. The van der Waals surface area contributed by atoms with Crippen LogP contribution in [0.25, 0.3) is 0 Å².